The molecule has 3 rings (SSSR count). The number of sulfonamides is 1. The van der Waals surface area contributed by atoms with Gasteiger partial charge in [0.05, 0.1) is 18.6 Å². The minimum Gasteiger partial charge on any atom is -0.497 e. The second-order valence-corrected chi connectivity index (χ2v) is 7.95. The average Bonchev–Trinajstić information content (AvgIpc) is 3.22. The summed E-state index contributed by atoms with van der Waals surface area (Å²) in [6.07, 6.45) is 1.34. The molecule has 0 aliphatic carbocycles. The van der Waals surface area contributed by atoms with E-state index in [-0.39, 0.29) is 17.3 Å². The molecule has 0 amide bonds. The molecule has 144 valence electrons. The Morgan fingerprint density at radius 2 is 1.74 bits per heavy atom. The molecule has 2 aromatic carbocycles. The maximum atomic E-state index is 13.1. The van der Waals surface area contributed by atoms with Crippen molar-refractivity contribution in [2.45, 2.75) is 11.4 Å². The molecule has 27 heavy (non-hydrogen) atoms. The van der Waals surface area contributed by atoms with Crippen molar-refractivity contribution < 1.29 is 22.9 Å². The van der Waals surface area contributed by atoms with E-state index in [4.69, 9.17) is 14.5 Å². The summed E-state index contributed by atoms with van der Waals surface area (Å²) in [7, 11) is -2.22. The zero-order valence-electron chi connectivity index (χ0n) is 14.3. The molecule has 0 unspecified atom stereocenters. The summed E-state index contributed by atoms with van der Waals surface area (Å²) in [4.78, 5) is 0.173. The van der Waals surface area contributed by atoms with E-state index in [0.29, 0.717) is 5.75 Å². The first-order valence-corrected chi connectivity index (χ1v) is 9.81. The van der Waals surface area contributed by atoms with Crippen LogP contribution in [0.25, 0.3) is 0 Å². The van der Waals surface area contributed by atoms with Crippen LogP contribution in [0, 0.1) is 0 Å². The van der Waals surface area contributed by atoms with Gasteiger partial charge >= 0.3 is 0 Å². The first kappa shape index (κ1) is 20.9. The molecule has 0 saturated carbocycles. The highest BCUT2D eigenvalue weighted by atomic mass is 79.9. The molecule has 1 aromatic heterocycles. The van der Waals surface area contributed by atoms with Gasteiger partial charge in [-0.15, -0.1) is 0 Å². The van der Waals surface area contributed by atoms with Crippen molar-refractivity contribution in [1.29, 1.82) is 0 Å². The van der Waals surface area contributed by atoms with Gasteiger partial charge in [0.15, 0.2) is 5.82 Å². The Balaban J connectivity index is 0.00000126. The number of nitrogens with zero attached hydrogens (tertiary/aromatic N) is 2. The summed E-state index contributed by atoms with van der Waals surface area (Å²) in [5.74, 6) is 4.42. The zero-order valence-corrected chi connectivity index (χ0v) is 16.7. The Labute approximate surface area is 165 Å². The maximum Gasteiger partial charge on any atom is 0.265 e. The fourth-order valence-corrected chi connectivity index (χ4v) is 3.91. The van der Waals surface area contributed by atoms with E-state index < -0.39 is 10.0 Å². The quantitative estimate of drug-likeness (QED) is 0.547. The Hall–Kier alpha value is -2.40. The molecular weight excluding hydrogens is 438 g/mol. The van der Waals surface area contributed by atoms with Crippen molar-refractivity contribution in [1.82, 2.24) is 5.16 Å². The minimum atomic E-state index is -3.80. The van der Waals surface area contributed by atoms with Crippen molar-refractivity contribution in [3.63, 3.8) is 0 Å². The summed E-state index contributed by atoms with van der Waals surface area (Å²) in [6.45, 7) is 0.120. The fourth-order valence-electron chi connectivity index (χ4n) is 2.25. The molecule has 3 N–H and O–H groups in total. The summed E-state index contributed by atoms with van der Waals surface area (Å²) >= 11 is 3.31. The van der Waals surface area contributed by atoms with E-state index in [2.05, 4.69) is 27.0 Å². The van der Waals surface area contributed by atoms with Crippen molar-refractivity contribution in [3.8, 4) is 5.75 Å². The lowest BCUT2D eigenvalue weighted by Crippen LogP contribution is -2.30. The van der Waals surface area contributed by atoms with Gasteiger partial charge < -0.3 is 14.5 Å². The highest BCUT2D eigenvalue weighted by Crippen LogP contribution is 2.26. The maximum absolute atomic E-state index is 13.1. The van der Waals surface area contributed by atoms with Crippen molar-refractivity contribution in [2.24, 2.45) is 5.90 Å². The highest BCUT2D eigenvalue weighted by Gasteiger charge is 2.27. The molecule has 0 aliphatic rings. The Bertz CT molecular complexity index is 930. The Kier molecular flexibility index (Phi) is 7.36. The fraction of sp³-hybridized carbons (Fsp3) is 0.118. The lowest BCUT2D eigenvalue weighted by Gasteiger charge is -2.22. The van der Waals surface area contributed by atoms with Gasteiger partial charge in [-0.1, -0.05) is 33.2 Å². The largest absolute Gasteiger partial charge is 0.497 e. The average molecular weight is 456 g/mol. The third-order valence-electron chi connectivity index (χ3n) is 3.57. The van der Waals surface area contributed by atoms with E-state index in [9.17, 15) is 8.42 Å². The van der Waals surface area contributed by atoms with Crippen molar-refractivity contribution in [2.75, 3.05) is 11.4 Å². The van der Waals surface area contributed by atoms with Crippen molar-refractivity contribution >= 4 is 31.8 Å². The van der Waals surface area contributed by atoms with E-state index in [1.165, 1.54) is 16.6 Å². The first-order chi connectivity index (χ1) is 13.0. The first-order valence-electron chi connectivity index (χ1n) is 7.58. The number of aromatic nitrogens is 1. The van der Waals surface area contributed by atoms with Crippen LogP contribution >= 0.6 is 15.9 Å². The van der Waals surface area contributed by atoms with Gasteiger partial charge in [-0.25, -0.2) is 18.6 Å². The molecule has 0 atom stereocenters. The molecule has 0 bridgehead atoms. The normalized spacial score (nSPS) is 10.7. The number of nitrogens with two attached hydrogens (primary N) is 1. The van der Waals surface area contributed by atoms with Crippen LogP contribution in [-0.4, -0.2) is 25.9 Å². The van der Waals surface area contributed by atoms with Crippen molar-refractivity contribution in [3.05, 3.63) is 70.9 Å². The Morgan fingerprint density at radius 1 is 1.11 bits per heavy atom. The molecule has 0 spiro atoms. The lowest BCUT2D eigenvalue weighted by atomic mass is 10.2. The van der Waals surface area contributed by atoms with E-state index >= 15 is 0 Å². The third kappa shape index (κ3) is 5.07. The summed E-state index contributed by atoms with van der Waals surface area (Å²) in [5.41, 5.74) is 0.796. The lowest BCUT2D eigenvalue weighted by molar-refractivity contribution is 0.311. The third-order valence-corrected chi connectivity index (χ3v) is 5.86. The SMILES string of the molecule is COc1ccc(CN(c2ccon2)S(=O)(=O)c2ccc(Br)cc2)cc1.NO. The molecule has 1 heterocycles. The van der Waals surface area contributed by atoms with Crippen LogP contribution in [0.4, 0.5) is 5.82 Å². The van der Waals surface area contributed by atoms with Crippen LogP contribution in [0.15, 0.2) is 74.8 Å². The van der Waals surface area contributed by atoms with Crippen LogP contribution in [0.5, 0.6) is 5.75 Å². The van der Waals surface area contributed by atoms with Crippen LogP contribution in [0.1, 0.15) is 5.56 Å². The smallest absolute Gasteiger partial charge is 0.265 e. The second-order valence-electron chi connectivity index (χ2n) is 5.17. The predicted molar refractivity (Wildman–Crippen MR) is 103 cm³/mol. The molecular formula is C17H18BrN3O5S. The van der Waals surface area contributed by atoms with Crippen LogP contribution in [0.3, 0.4) is 0 Å². The van der Waals surface area contributed by atoms with Gasteiger partial charge in [-0.2, -0.15) is 0 Å². The van der Waals surface area contributed by atoms with Crippen LogP contribution in [-0.2, 0) is 16.6 Å². The predicted octanol–water partition coefficient (Wildman–Crippen LogP) is 3.18. The zero-order chi connectivity index (χ0) is 19.9. The van der Waals surface area contributed by atoms with E-state index in [1.807, 2.05) is 12.1 Å². The number of halogens is 1. The van der Waals surface area contributed by atoms with Gasteiger partial charge in [0.25, 0.3) is 10.0 Å². The molecule has 8 nitrogen and oxygen atoms in total. The van der Waals surface area contributed by atoms with Gasteiger partial charge in [-0.05, 0) is 42.0 Å². The van der Waals surface area contributed by atoms with Crippen LogP contribution < -0.4 is 14.9 Å². The molecule has 0 radical (unpaired) electrons. The van der Waals surface area contributed by atoms with E-state index in [0.717, 1.165) is 10.0 Å². The number of benzene rings is 2. The highest BCUT2D eigenvalue weighted by molar-refractivity contribution is 9.10. The molecule has 0 aliphatic heterocycles. The van der Waals surface area contributed by atoms with E-state index in [1.54, 1.807) is 43.5 Å². The van der Waals surface area contributed by atoms with Gasteiger partial charge in [0.2, 0.25) is 0 Å². The molecule has 3 aromatic rings. The topological polar surface area (TPSA) is 119 Å². The van der Waals surface area contributed by atoms with Gasteiger partial charge in [-0.3, -0.25) is 0 Å². The number of hydrogen-bond donors (Lipinski definition) is 2. The number of ether oxygens (including phenoxy) is 1. The Morgan fingerprint density at radius 3 is 2.26 bits per heavy atom. The molecule has 10 heteroatoms. The molecule has 0 fully saturated rings. The monoisotopic (exact) mass is 455 g/mol. The number of rotatable bonds is 6. The second kappa shape index (κ2) is 9.51. The summed E-state index contributed by atoms with van der Waals surface area (Å²) in [5, 5.41) is 10.3. The number of methoxy groups -OCH3 is 1. The summed E-state index contributed by atoms with van der Waals surface area (Å²) in [6, 6.07) is 15.1. The van der Waals surface area contributed by atoms with Gasteiger partial charge in [0.1, 0.15) is 12.0 Å². The minimum absolute atomic E-state index is 0.120. The number of anilines is 1. The van der Waals surface area contributed by atoms with Crippen LogP contribution in [0.2, 0.25) is 0 Å². The standard InChI is InChI=1S/C17H15BrN2O4S.H3NO/c1-23-15-6-2-13(3-7-15)12-20(17-10-11-24-19-17)25(21,22)16-8-4-14(18)5-9-16;1-2/h2-11H,12H2,1H3;2H,1H2. The van der Waals surface area contributed by atoms with Gasteiger partial charge in [0, 0.05) is 10.5 Å². The molecule has 0 saturated heterocycles. The summed E-state index contributed by atoms with van der Waals surface area (Å²) < 4.78 is 38.1. The number of hydrogen-bond acceptors (Lipinski definition) is 7.